The van der Waals surface area contributed by atoms with Crippen molar-refractivity contribution in [2.45, 2.75) is 32.3 Å². The van der Waals surface area contributed by atoms with Gasteiger partial charge in [0.05, 0.1) is 12.1 Å². The van der Waals surface area contributed by atoms with E-state index in [-0.39, 0.29) is 12.1 Å². The Bertz CT molecular complexity index is 354. The van der Waals surface area contributed by atoms with Crippen molar-refractivity contribution >= 4 is 0 Å². The molecular formula is C13H22N2O3. The third kappa shape index (κ3) is 3.96. The molecule has 1 rings (SSSR count). The van der Waals surface area contributed by atoms with Crippen molar-refractivity contribution in [1.29, 1.82) is 0 Å². The first-order chi connectivity index (χ1) is 8.62. The zero-order chi connectivity index (χ0) is 13.5. The highest BCUT2D eigenvalue weighted by Crippen LogP contribution is 2.23. The Morgan fingerprint density at radius 2 is 1.83 bits per heavy atom. The van der Waals surface area contributed by atoms with E-state index in [4.69, 9.17) is 20.1 Å². The van der Waals surface area contributed by atoms with Gasteiger partial charge >= 0.3 is 0 Å². The number of nitrogens with two attached hydrogens (primary N) is 1. The van der Waals surface area contributed by atoms with Gasteiger partial charge in [0.2, 0.25) is 0 Å². The van der Waals surface area contributed by atoms with Crippen LogP contribution in [0.3, 0.4) is 0 Å². The molecule has 0 spiro atoms. The summed E-state index contributed by atoms with van der Waals surface area (Å²) in [4.78, 5) is 0. The molecule has 0 heterocycles. The van der Waals surface area contributed by atoms with Crippen LogP contribution in [-0.4, -0.2) is 26.6 Å². The summed E-state index contributed by atoms with van der Waals surface area (Å²) >= 11 is 0. The Balaban J connectivity index is 2.91. The third-order valence-electron chi connectivity index (χ3n) is 2.51. The van der Waals surface area contributed by atoms with Crippen LogP contribution in [0.5, 0.6) is 5.75 Å². The van der Waals surface area contributed by atoms with Crippen LogP contribution in [0.2, 0.25) is 0 Å². The van der Waals surface area contributed by atoms with E-state index in [1.165, 1.54) is 0 Å². The van der Waals surface area contributed by atoms with Gasteiger partial charge in [0, 0.05) is 14.2 Å². The zero-order valence-corrected chi connectivity index (χ0v) is 11.3. The van der Waals surface area contributed by atoms with Crippen molar-refractivity contribution in [3.05, 3.63) is 29.8 Å². The van der Waals surface area contributed by atoms with Gasteiger partial charge in [-0.15, -0.1) is 0 Å². The van der Waals surface area contributed by atoms with E-state index < -0.39 is 6.29 Å². The van der Waals surface area contributed by atoms with Gasteiger partial charge in [-0.2, -0.15) is 0 Å². The minimum absolute atomic E-state index is 0.130. The number of hydrogen-bond donors (Lipinski definition) is 2. The molecule has 0 aliphatic heterocycles. The van der Waals surface area contributed by atoms with E-state index in [0.717, 1.165) is 11.3 Å². The molecule has 5 nitrogen and oxygen atoms in total. The monoisotopic (exact) mass is 254 g/mol. The molecule has 1 aromatic rings. The zero-order valence-electron chi connectivity index (χ0n) is 11.3. The second-order valence-corrected chi connectivity index (χ2v) is 4.22. The second kappa shape index (κ2) is 7.33. The SMILES string of the molecule is COC(OC)C(NN)c1cccc(OC(C)C)c1. The summed E-state index contributed by atoms with van der Waals surface area (Å²) < 4.78 is 16.1. The van der Waals surface area contributed by atoms with Crippen LogP contribution in [0.1, 0.15) is 25.5 Å². The van der Waals surface area contributed by atoms with Crippen LogP contribution < -0.4 is 16.0 Å². The summed E-state index contributed by atoms with van der Waals surface area (Å²) in [5.41, 5.74) is 3.64. The predicted octanol–water partition coefficient (Wildman–Crippen LogP) is 1.60. The molecule has 5 heteroatoms. The molecule has 0 saturated carbocycles. The Kier molecular flexibility index (Phi) is 6.07. The number of ether oxygens (including phenoxy) is 3. The summed E-state index contributed by atoms with van der Waals surface area (Å²) in [6.45, 7) is 3.97. The maximum atomic E-state index is 5.65. The number of methoxy groups -OCH3 is 2. The van der Waals surface area contributed by atoms with Crippen molar-refractivity contribution in [2.24, 2.45) is 5.84 Å². The number of benzene rings is 1. The van der Waals surface area contributed by atoms with Gasteiger partial charge in [-0.3, -0.25) is 5.84 Å². The molecule has 0 fully saturated rings. The standard InChI is InChI=1S/C13H22N2O3/c1-9(2)18-11-7-5-6-10(8-11)12(15-14)13(16-3)17-4/h5-9,12-13,15H,14H2,1-4H3. The number of rotatable bonds is 7. The average molecular weight is 254 g/mol. The lowest BCUT2D eigenvalue weighted by molar-refractivity contribution is -0.124. The highest BCUT2D eigenvalue weighted by Gasteiger charge is 2.21. The Morgan fingerprint density at radius 1 is 1.17 bits per heavy atom. The van der Waals surface area contributed by atoms with Gasteiger partial charge in [-0.1, -0.05) is 12.1 Å². The van der Waals surface area contributed by atoms with Gasteiger partial charge in [0.25, 0.3) is 0 Å². The van der Waals surface area contributed by atoms with Gasteiger partial charge in [-0.05, 0) is 31.5 Å². The Labute approximate surface area is 108 Å². The molecule has 18 heavy (non-hydrogen) atoms. The van der Waals surface area contributed by atoms with Crippen molar-refractivity contribution in [2.75, 3.05) is 14.2 Å². The molecular weight excluding hydrogens is 232 g/mol. The maximum Gasteiger partial charge on any atom is 0.177 e. The fourth-order valence-corrected chi connectivity index (χ4v) is 1.75. The van der Waals surface area contributed by atoms with E-state index in [2.05, 4.69) is 5.43 Å². The number of hydrazine groups is 1. The molecule has 3 N–H and O–H groups in total. The quantitative estimate of drug-likeness (QED) is 0.439. The van der Waals surface area contributed by atoms with Gasteiger partial charge in [0.1, 0.15) is 5.75 Å². The lowest BCUT2D eigenvalue weighted by Gasteiger charge is -2.24. The molecule has 1 atom stereocenters. The minimum Gasteiger partial charge on any atom is -0.491 e. The minimum atomic E-state index is -0.454. The summed E-state index contributed by atoms with van der Waals surface area (Å²) in [5, 5.41) is 0. The highest BCUT2D eigenvalue weighted by atomic mass is 16.7. The molecule has 1 unspecified atom stereocenters. The fraction of sp³-hybridized carbons (Fsp3) is 0.538. The molecule has 0 radical (unpaired) electrons. The van der Waals surface area contributed by atoms with E-state index in [9.17, 15) is 0 Å². The molecule has 0 aliphatic carbocycles. The predicted molar refractivity (Wildman–Crippen MR) is 70.1 cm³/mol. The normalized spacial score (nSPS) is 13.1. The van der Waals surface area contributed by atoms with Gasteiger partial charge in [0.15, 0.2) is 6.29 Å². The summed E-state index contributed by atoms with van der Waals surface area (Å²) in [6, 6.07) is 7.44. The Hall–Kier alpha value is -1.14. The lowest BCUT2D eigenvalue weighted by Crippen LogP contribution is -2.38. The fourth-order valence-electron chi connectivity index (χ4n) is 1.75. The molecule has 0 aromatic heterocycles. The van der Waals surface area contributed by atoms with Crippen molar-refractivity contribution in [3.8, 4) is 5.75 Å². The van der Waals surface area contributed by atoms with Gasteiger partial charge in [-0.25, -0.2) is 5.43 Å². The van der Waals surface area contributed by atoms with Crippen LogP contribution in [-0.2, 0) is 9.47 Å². The molecule has 0 aliphatic rings. The molecule has 0 bridgehead atoms. The van der Waals surface area contributed by atoms with Crippen LogP contribution in [0.25, 0.3) is 0 Å². The average Bonchev–Trinajstić information content (AvgIpc) is 2.35. The van der Waals surface area contributed by atoms with Crippen molar-refractivity contribution in [3.63, 3.8) is 0 Å². The molecule has 0 saturated heterocycles. The molecule has 102 valence electrons. The maximum absolute atomic E-state index is 5.65. The smallest absolute Gasteiger partial charge is 0.177 e. The first-order valence-electron chi connectivity index (χ1n) is 5.90. The Morgan fingerprint density at radius 3 is 2.33 bits per heavy atom. The first-order valence-corrected chi connectivity index (χ1v) is 5.90. The largest absolute Gasteiger partial charge is 0.491 e. The van der Waals surface area contributed by atoms with Crippen LogP contribution in [0.15, 0.2) is 24.3 Å². The van der Waals surface area contributed by atoms with E-state index in [1.807, 2.05) is 38.1 Å². The summed E-state index contributed by atoms with van der Waals surface area (Å²) in [7, 11) is 3.15. The highest BCUT2D eigenvalue weighted by molar-refractivity contribution is 5.31. The molecule has 0 amide bonds. The van der Waals surface area contributed by atoms with E-state index in [0.29, 0.717) is 0 Å². The summed E-state index contributed by atoms with van der Waals surface area (Å²) in [6.07, 6.45) is -0.325. The van der Waals surface area contributed by atoms with Crippen LogP contribution in [0, 0.1) is 0 Å². The second-order valence-electron chi connectivity index (χ2n) is 4.22. The van der Waals surface area contributed by atoms with E-state index >= 15 is 0 Å². The number of hydrogen-bond acceptors (Lipinski definition) is 5. The third-order valence-corrected chi connectivity index (χ3v) is 2.51. The van der Waals surface area contributed by atoms with Crippen LogP contribution in [0.4, 0.5) is 0 Å². The lowest BCUT2D eigenvalue weighted by atomic mass is 10.1. The first kappa shape index (κ1) is 14.9. The van der Waals surface area contributed by atoms with E-state index in [1.54, 1.807) is 14.2 Å². The van der Waals surface area contributed by atoms with Crippen molar-refractivity contribution in [1.82, 2.24) is 5.43 Å². The van der Waals surface area contributed by atoms with Crippen LogP contribution >= 0.6 is 0 Å². The van der Waals surface area contributed by atoms with Crippen molar-refractivity contribution < 1.29 is 14.2 Å². The molecule has 1 aromatic carbocycles. The topological polar surface area (TPSA) is 65.7 Å². The summed E-state index contributed by atoms with van der Waals surface area (Å²) in [5.74, 6) is 6.36. The van der Waals surface area contributed by atoms with Gasteiger partial charge < -0.3 is 14.2 Å². The number of nitrogens with one attached hydrogen (secondary N) is 1.